The first-order chi connectivity index (χ1) is 7.11. The monoisotopic (exact) mass is 213 g/mol. The maximum Gasteiger partial charge on any atom is 0.307 e. The van der Waals surface area contributed by atoms with Gasteiger partial charge in [-0.05, 0) is 25.2 Å². The van der Waals surface area contributed by atoms with Crippen molar-refractivity contribution in [2.45, 2.75) is 33.6 Å². The summed E-state index contributed by atoms with van der Waals surface area (Å²) in [6.45, 7) is 10.0. The van der Waals surface area contributed by atoms with Gasteiger partial charge in [-0.15, -0.1) is 0 Å². The van der Waals surface area contributed by atoms with Crippen LogP contribution in [0.5, 0.6) is 0 Å². The minimum Gasteiger partial charge on any atom is -0.466 e. The van der Waals surface area contributed by atoms with E-state index in [0.29, 0.717) is 13.0 Å². The third-order valence-corrected chi connectivity index (χ3v) is 2.88. The summed E-state index contributed by atoms with van der Waals surface area (Å²) in [5, 5.41) is 0. The molecule has 1 saturated heterocycles. The molecule has 1 aliphatic heterocycles. The molecule has 0 bridgehead atoms. The molecule has 1 fully saturated rings. The van der Waals surface area contributed by atoms with Crippen LogP contribution in [-0.2, 0) is 9.53 Å². The van der Waals surface area contributed by atoms with E-state index in [9.17, 15) is 4.79 Å². The van der Waals surface area contributed by atoms with Gasteiger partial charge in [-0.1, -0.05) is 13.8 Å². The number of carbonyl (C=O) groups excluding carboxylic acids is 1. The molecule has 0 saturated carbocycles. The molecule has 15 heavy (non-hydrogen) atoms. The number of nitrogens with zero attached hydrogens (tertiary/aromatic N) is 1. The second-order valence-corrected chi connectivity index (χ2v) is 4.76. The Morgan fingerprint density at radius 1 is 1.33 bits per heavy atom. The Balaban J connectivity index is 2.23. The molecule has 0 aliphatic carbocycles. The van der Waals surface area contributed by atoms with Gasteiger partial charge in [-0.3, -0.25) is 4.79 Å². The number of likely N-dealkylation sites (tertiary alicyclic amines) is 1. The highest BCUT2D eigenvalue weighted by atomic mass is 16.5. The number of ether oxygens (including phenoxy) is 1. The molecule has 0 aromatic heterocycles. The van der Waals surface area contributed by atoms with E-state index in [0.717, 1.165) is 31.5 Å². The molecular formula is C12H23NO2. The van der Waals surface area contributed by atoms with Crippen LogP contribution in [0.2, 0.25) is 0 Å². The van der Waals surface area contributed by atoms with Crippen LogP contribution in [-0.4, -0.2) is 37.1 Å². The van der Waals surface area contributed by atoms with Crippen molar-refractivity contribution in [2.75, 3.05) is 26.2 Å². The summed E-state index contributed by atoms with van der Waals surface area (Å²) in [5.41, 5.74) is 0. The van der Waals surface area contributed by atoms with Crippen molar-refractivity contribution in [2.24, 2.45) is 11.8 Å². The molecule has 2 atom stereocenters. The minimum absolute atomic E-state index is 0.0663. The number of carbonyl (C=O) groups is 1. The van der Waals surface area contributed by atoms with E-state index in [4.69, 9.17) is 4.74 Å². The third-order valence-electron chi connectivity index (χ3n) is 2.88. The van der Waals surface area contributed by atoms with Gasteiger partial charge in [0.1, 0.15) is 0 Å². The molecule has 0 aromatic rings. The van der Waals surface area contributed by atoms with Gasteiger partial charge in [0, 0.05) is 19.6 Å². The maximum atomic E-state index is 11.2. The van der Waals surface area contributed by atoms with Gasteiger partial charge in [0.25, 0.3) is 0 Å². The Morgan fingerprint density at radius 2 is 1.93 bits per heavy atom. The molecule has 1 aliphatic rings. The lowest BCUT2D eigenvalue weighted by Crippen LogP contribution is -2.39. The average Bonchev–Trinajstić information content (AvgIpc) is 2.14. The molecule has 0 amide bonds. The van der Waals surface area contributed by atoms with E-state index < -0.39 is 0 Å². The summed E-state index contributed by atoms with van der Waals surface area (Å²) < 4.78 is 4.92. The van der Waals surface area contributed by atoms with Crippen molar-refractivity contribution in [1.29, 1.82) is 0 Å². The van der Waals surface area contributed by atoms with Crippen molar-refractivity contribution >= 4 is 5.97 Å². The fourth-order valence-electron chi connectivity index (χ4n) is 2.46. The van der Waals surface area contributed by atoms with Gasteiger partial charge in [-0.2, -0.15) is 0 Å². The standard InChI is InChI=1S/C12H23NO2/c1-4-15-12(14)5-6-13-8-10(2)7-11(3)9-13/h10-11H,4-9H2,1-3H3/t10-,11+. The molecule has 88 valence electrons. The third kappa shape index (κ3) is 4.65. The largest absolute Gasteiger partial charge is 0.466 e. The van der Waals surface area contributed by atoms with Crippen LogP contribution in [0.1, 0.15) is 33.6 Å². The highest BCUT2D eigenvalue weighted by Crippen LogP contribution is 2.20. The zero-order valence-electron chi connectivity index (χ0n) is 10.2. The first kappa shape index (κ1) is 12.5. The van der Waals surface area contributed by atoms with E-state index in [1.54, 1.807) is 0 Å². The van der Waals surface area contributed by atoms with Gasteiger partial charge in [0.05, 0.1) is 13.0 Å². The summed E-state index contributed by atoms with van der Waals surface area (Å²) in [4.78, 5) is 13.6. The second kappa shape index (κ2) is 6.11. The lowest BCUT2D eigenvalue weighted by molar-refractivity contribution is -0.143. The van der Waals surface area contributed by atoms with Crippen molar-refractivity contribution < 1.29 is 9.53 Å². The number of esters is 1. The van der Waals surface area contributed by atoms with Crippen molar-refractivity contribution in [3.63, 3.8) is 0 Å². The molecular weight excluding hydrogens is 190 g/mol. The van der Waals surface area contributed by atoms with Crippen LogP contribution in [0.3, 0.4) is 0 Å². The molecule has 1 heterocycles. The minimum atomic E-state index is -0.0663. The average molecular weight is 213 g/mol. The van der Waals surface area contributed by atoms with Crippen LogP contribution in [0.25, 0.3) is 0 Å². The molecule has 0 spiro atoms. The summed E-state index contributed by atoms with van der Waals surface area (Å²) in [6, 6.07) is 0. The number of hydrogen-bond acceptors (Lipinski definition) is 3. The first-order valence-corrected chi connectivity index (χ1v) is 5.99. The van der Waals surface area contributed by atoms with Crippen LogP contribution in [0.15, 0.2) is 0 Å². The van der Waals surface area contributed by atoms with Crippen LogP contribution in [0.4, 0.5) is 0 Å². The zero-order chi connectivity index (χ0) is 11.3. The molecule has 0 radical (unpaired) electrons. The predicted molar refractivity (Wildman–Crippen MR) is 60.6 cm³/mol. The van der Waals surface area contributed by atoms with E-state index in [1.807, 2.05) is 6.92 Å². The van der Waals surface area contributed by atoms with E-state index in [2.05, 4.69) is 18.7 Å². The van der Waals surface area contributed by atoms with Gasteiger partial charge < -0.3 is 9.64 Å². The van der Waals surface area contributed by atoms with Crippen molar-refractivity contribution in [3.8, 4) is 0 Å². The second-order valence-electron chi connectivity index (χ2n) is 4.76. The Labute approximate surface area is 92.8 Å². The first-order valence-electron chi connectivity index (χ1n) is 5.99. The Kier molecular flexibility index (Phi) is 5.09. The van der Waals surface area contributed by atoms with E-state index in [1.165, 1.54) is 6.42 Å². The number of piperidine rings is 1. The van der Waals surface area contributed by atoms with Crippen molar-refractivity contribution in [1.82, 2.24) is 4.90 Å². The topological polar surface area (TPSA) is 29.5 Å². The summed E-state index contributed by atoms with van der Waals surface area (Å²) in [5.74, 6) is 1.45. The Morgan fingerprint density at radius 3 is 2.47 bits per heavy atom. The predicted octanol–water partition coefficient (Wildman–Crippen LogP) is 1.92. The number of rotatable bonds is 4. The maximum absolute atomic E-state index is 11.2. The molecule has 0 unspecified atom stereocenters. The van der Waals surface area contributed by atoms with Gasteiger partial charge >= 0.3 is 5.97 Å². The van der Waals surface area contributed by atoms with Gasteiger partial charge in [0.15, 0.2) is 0 Å². The molecule has 3 heteroatoms. The summed E-state index contributed by atoms with van der Waals surface area (Å²) >= 11 is 0. The summed E-state index contributed by atoms with van der Waals surface area (Å²) in [6.07, 6.45) is 1.85. The molecule has 3 nitrogen and oxygen atoms in total. The molecule has 0 N–H and O–H groups in total. The molecule has 0 aromatic carbocycles. The SMILES string of the molecule is CCOC(=O)CCN1C[C@H](C)C[C@H](C)C1. The Bertz CT molecular complexity index is 196. The van der Waals surface area contributed by atoms with Crippen molar-refractivity contribution in [3.05, 3.63) is 0 Å². The van der Waals surface area contributed by atoms with E-state index in [-0.39, 0.29) is 5.97 Å². The van der Waals surface area contributed by atoms with Crippen LogP contribution < -0.4 is 0 Å². The highest BCUT2D eigenvalue weighted by molar-refractivity contribution is 5.69. The Hall–Kier alpha value is -0.570. The van der Waals surface area contributed by atoms with Gasteiger partial charge in [-0.25, -0.2) is 0 Å². The molecule has 1 rings (SSSR count). The smallest absolute Gasteiger partial charge is 0.307 e. The lowest BCUT2D eigenvalue weighted by atomic mass is 9.92. The lowest BCUT2D eigenvalue weighted by Gasteiger charge is -2.34. The number of hydrogen-bond donors (Lipinski definition) is 0. The van der Waals surface area contributed by atoms with Crippen LogP contribution >= 0.6 is 0 Å². The normalized spacial score (nSPS) is 27.7. The van der Waals surface area contributed by atoms with Gasteiger partial charge in [0.2, 0.25) is 0 Å². The zero-order valence-corrected chi connectivity index (χ0v) is 10.2. The van der Waals surface area contributed by atoms with E-state index >= 15 is 0 Å². The highest BCUT2D eigenvalue weighted by Gasteiger charge is 2.21. The quantitative estimate of drug-likeness (QED) is 0.668. The fourth-order valence-corrected chi connectivity index (χ4v) is 2.46. The van der Waals surface area contributed by atoms with Crippen LogP contribution in [0, 0.1) is 11.8 Å². The summed E-state index contributed by atoms with van der Waals surface area (Å²) in [7, 11) is 0. The fraction of sp³-hybridized carbons (Fsp3) is 0.917.